The van der Waals surface area contributed by atoms with Crippen LogP contribution in [0.2, 0.25) is 0 Å². The summed E-state index contributed by atoms with van der Waals surface area (Å²) in [6.07, 6.45) is 7.64. The molecule has 0 bridgehead atoms. The van der Waals surface area contributed by atoms with Gasteiger partial charge in [0.2, 0.25) is 0 Å². The first-order chi connectivity index (χ1) is 10.7. The van der Waals surface area contributed by atoms with Gasteiger partial charge in [0.25, 0.3) is 0 Å². The Morgan fingerprint density at radius 1 is 1.18 bits per heavy atom. The van der Waals surface area contributed by atoms with Gasteiger partial charge >= 0.3 is 0 Å². The summed E-state index contributed by atoms with van der Waals surface area (Å²) in [5.41, 5.74) is 0. The first-order valence-corrected chi connectivity index (χ1v) is 8.43. The van der Waals surface area contributed by atoms with Crippen molar-refractivity contribution >= 4 is 10.8 Å². The van der Waals surface area contributed by atoms with E-state index in [1.54, 1.807) is 0 Å². The Morgan fingerprint density at radius 2 is 2.00 bits per heavy atom. The topological polar surface area (TPSA) is 25.4 Å². The number of benzene rings is 1. The molecule has 3 nitrogen and oxygen atoms in total. The Kier molecular flexibility index (Phi) is 4.94. The van der Waals surface area contributed by atoms with Crippen LogP contribution >= 0.6 is 0 Å². The molecule has 2 heterocycles. The normalized spacial score (nSPS) is 17.2. The number of hydrogen-bond donors (Lipinski definition) is 0. The van der Waals surface area contributed by atoms with E-state index in [0.29, 0.717) is 6.10 Å². The summed E-state index contributed by atoms with van der Waals surface area (Å²) < 4.78 is 6.19. The summed E-state index contributed by atoms with van der Waals surface area (Å²) in [7, 11) is 0. The molecular formula is C19H26N2O. The summed E-state index contributed by atoms with van der Waals surface area (Å²) >= 11 is 0. The lowest BCUT2D eigenvalue weighted by Gasteiger charge is -2.32. The minimum absolute atomic E-state index is 0.356. The molecule has 3 heteroatoms. The Hall–Kier alpha value is -1.61. The summed E-state index contributed by atoms with van der Waals surface area (Å²) in [5.74, 6) is 1.78. The van der Waals surface area contributed by atoms with E-state index < -0.39 is 0 Å². The van der Waals surface area contributed by atoms with E-state index in [2.05, 4.69) is 41.9 Å². The highest BCUT2D eigenvalue weighted by Gasteiger charge is 2.20. The fourth-order valence-electron chi connectivity index (χ4n) is 3.02. The lowest BCUT2D eigenvalue weighted by atomic mass is 10.1. The molecule has 0 spiro atoms. The van der Waals surface area contributed by atoms with Gasteiger partial charge in [-0.15, -0.1) is 0 Å². The molecule has 1 aliphatic rings. The lowest BCUT2D eigenvalue weighted by molar-refractivity contribution is 0.0981. The maximum absolute atomic E-state index is 6.19. The molecule has 118 valence electrons. The van der Waals surface area contributed by atoms with Gasteiger partial charge in [-0.05, 0) is 61.4 Å². The molecule has 1 aliphatic heterocycles. The molecular weight excluding hydrogens is 272 g/mol. The minimum atomic E-state index is 0.356. The third kappa shape index (κ3) is 3.98. The second-order valence-corrected chi connectivity index (χ2v) is 6.73. The third-order valence-corrected chi connectivity index (χ3v) is 4.47. The molecule has 0 unspecified atom stereocenters. The van der Waals surface area contributed by atoms with Gasteiger partial charge in [0.05, 0.1) is 0 Å². The summed E-state index contributed by atoms with van der Waals surface area (Å²) in [6, 6.07) is 8.32. The maximum Gasteiger partial charge on any atom is 0.120 e. The monoisotopic (exact) mass is 298 g/mol. The standard InChI is InChI=1S/C19H26N2O/c1-15(2)6-10-21-11-7-18(8-12-21)22-19-4-3-17-14-20-9-5-16(17)13-19/h3-5,9,13-15,18H,6-8,10-12H2,1-2H3. The molecule has 2 aromatic rings. The molecule has 1 aromatic heterocycles. The molecule has 22 heavy (non-hydrogen) atoms. The van der Waals surface area contributed by atoms with Gasteiger partial charge in [0, 0.05) is 30.9 Å². The molecule has 1 fully saturated rings. The van der Waals surface area contributed by atoms with Crippen molar-refractivity contribution in [1.29, 1.82) is 0 Å². The van der Waals surface area contributed by atoms with Crippen LogP contribution in [0.1, 0.15) is 33.1 Å². The summed E-state index contributed by atoms with van der Waals surface area (Å²) in [5, 5.41) is 2.36. The number of likely N-dealkylation sites (tertiary alicyclic amines) is 1. The van der Waals surface area contributed by atoms with Crippen LogP contribution in [0.3, 0.4) is 0 Å². The van der Waals surface area contributed by atoms with Crippen molar-refractivity contribution in [3.63, 3.8) is 0 Å². The summed E-state index contributed by atoms with van der Waals surface area (Å²) in [6.45, 7) is 8.15. The van der Waals surface area contributed by atoms with Crippen LogP contribution in [0.25, 0.3) is 10.8 Å². The number of aromatic nitrogens is 1. The maximum atomic E-state index is 6.19. The predicted molar refractivity (Wildman–Crippen MR) is 91.3 cm³/mol. The van der Waals surface area contributed by atoms with Crippen LogP contribution in [0, 0.1) is 5.92 Å². The average Bonchev–Trinajstić information content (AvgIpc) is 2.54. The second-order valence-electron chi connectivity index (χ2n) is 6.73. The first kappa shape index (κ1) is 15.3. The molecule has 0 atom stereocenters. The second kappa shape index (κ2) is 7.10. The van der Waals surface area contributed by atoms with Gasteiger partial charge < -0.3 is 9.64 Å². The smallest absolute Gasteiger partial charge is 0.120 e. The zero-order chi connectivity index (χ0) is 15.4. The third-order valence-electron chi connectivity index (χ3n) is 4.47. The average molecular weight is 298 g/mol. The zero-order valence-electron chi connectivity index (χ0n) is 13.7. The molecule has 1 saturated heterocycles. The minimum Gasteiger partial charge on any atom is -0.490 e. The Balaban J connectivity index is 1.53. The fraction of sp³-hybridized carbons (Fsp3) is 0.526. The van der Waals surface area contributed by atoms with Gasteiger partial charge in [-0.2, -0.15) is 0 Å². The predicted octanol–water partition coefficient (Wildman–Crippen LogP) is 4.12. The van der Waals surface area contributed by atoms with Crippen molar-refractivity contribution < 1.29 is 4.74 Å². The number of nitrogens with zero attached hydrogens (tertiary/aromatic N) is 2. The summed E-state index contributed by atoms with van der Waals surface area (Å²) in [4.78, 5) is 6.73. The van der Waals surface area contributed by atoms with E-state index >= 15 is 0 Å². The largest absolute Gasteiger partial charge is 0.490 e. The zero-order valence-corrected chi connectivity index (χ0v) is 13.7. The first-order valence-electron chi connectivity index (χ1n) is 8.43. The van der Waals surface area contributed by atoms with Gasteiger partial charge in [-0.25, -0.2) is 0 Å². The van der Waals surface area contributed by atoms with E-state index in [1.165, 1.54) is 23.7 Å². The van der Waals surface area contributed by atoms with Gasteiger partial charge in [0.15, 0.2) is 0 Å². The van der Waals surface area contributed by atoms with Crippen LogP contribution in [-0.2, 0) is 0 Å². The van der Waals surface area contributed by atoms with Crippen molar-refractivity contribution in [2.75, 3.05) is 19.6 Å². The Morgan fingerprint density at radius 3 is 2.77 bits per heavy atom. The SMILES string of the molecule is CC(C)CCN1CCC(Oc2ccc3cnccc3c2)CC1. The van der Waals surface area contributed by atoms with Gasteiger partial charge in [-0.1, -0.05) is 13.8 Å². The van der Waals surface area contributed by atoms with Crippen molar-refractivity contribution in [3.05, 3.63) is 36.7 Å². The molecule has 0 radical (unpaired) electrons. The van der Waals surface area contributed by atoms with E-state index in [4.69, 9.17) is 4.74 Å². The number of hydrogen-bond acceptors (Lipinski definition) is 3. The molecule has 3 rings (SSSR count). The molecule has 0 amide bonds. The molecule has 0 aliphatic carbocycles. The van der Waals surface area contributed by atoms with Crippen molar-refractivity contribution in [2.45, 2.75) is 39.2 Å². The fourth-order valence-corrected chi connectivity index (χ4v) is 3.02. The van der Waals surface area contributed by atoms with E-state index in [1.807, 2.05) is 18.5 Å². The Labute approximate surface area is 133 Å². The number of ether oxygens (including phenoxy) is 1. The lowest BCUT2D eigenvalue weighted by Crippen LogP contribution is -2.39. The quantitative estimate of drug-likeness (QED) is 0.830. The Bertz CT molecular complexity index is 603. The number of rotatable bonds is 5. The number of piperidine rings is 1. The van der Waals surface area contributed by atoms with Gasteiger partial charge in [0.1, 0.15) is 11.9 Å². The highest BCUT2D eigenvalue weighted by molar-refractivity contribution is 5.82. The van der Waals surface area contributed by atoms with Crippen molar-refractivity contribution in [3.8, 4) is 5.75 Å². The van der Waals surface area contributed by atoms with Crippen LogP contribution < -0.4 is 4.74 Å². The molecule has 0 N–H and O–H groups in total. The molecule has 0 saturated carbocycles. The van der Waals surface area contributed by atoms with Crippen LogP contribution in [0.5, 0.6) is 5.75 Å². The van der Waals surface area contributed by atoms with Gasteiger partial charge in [-0.3, -0.25) is 4.98 Å². The molecule has 1 aromatic carbocycles. The van der Waals surface area contributed by atoms with Crippen LogP contribution in [0.15, 0.2) is 36.7 Å². The van der Waals surface area contributed by atoms with E-state index in [0.717, 1.165) is 37.6 Å². The highest BCUT2D eigenvalue weighted by atomic mass is 16.5. The van der Waals surface area contributed by atoms with E-state index in [9.17, 15) is 0 Å². The van der Waals surface area contributed by atoms with Crippen LogP contribution in [0.4, 0.5) is 0 Å². The highest BCUT2D eigenvalue weighted by Crippen LogP contribution is 2.23. The number of fused-ring (bicyclic) bond motifs is 1. The van der Waals surface area contributed by atoms with Crippen LogP contribution in [-0.4, -0.2) is 35.6 Å². The van der Waals surface area contributed by atoms with Crippen molar-refractivity contribution in [1.82, 2.24) is 9.88 Å². The van der Waals surface area contributed by atoms with E-state index in [-0.39, 0.29) is 0 Å². The number of pyridine rings is 1. The van der Waals surface area contributed by atoms with Crippen molar-refractivity contribution in [2.24, 2.45) is 5.92 Å².